The molecule has 136 valence electrons. The molecule has 1 aliphatic heterocycles. The fourth-order valence-corrected chi connectivity index (χ4v) is 3.32. The van der Waals surface area contributed by atoms with Gasteiger partial charge in [-0.15, -0.1) is 0 Å². The van der Waals surface area contributed by atoms with E-state index in [2.05, 4.69) is 20.2 Å². The summed E-state index contributed by atoms with van der Waals surface area (Å²) in [6, 6.07) is 5.79. The van der Waals surface area contributed by atoms with Crippen molar-refractivity contribution in [2.45, 2.75) is 37.6 Å². The minimum atomic E-state index is -0.957. The molecule has 1 aromatic heterocycles. The molecular formula is C19H20F2N4O. The molecule has 1 aromatic carbocycles. The lowest BCUT2D eigenvalue weighted by molar-refractivity contribution is -0.121. The van der Waals surface area contributed by atoms with Gasteiger partial charge in [-0.2, -0.15) is 0 Å². The van der Waals surface area contributed by atoms with Gasteiger partial charge in [0.05, 0.1) is 6.42 Å². The van der Waals surface area contributed by atoms with Crippen LogP contribution in [0.4, 0.5) is 14.7 Å². The zero-order chi connectivity index (χ0) is 18.1. The maximum atomic E-state index is 13.7. The van der Waals surface area contributed by atoms with Crippen LogP contribution in [0.25, 0.3) is 0 Å². The average molecular weight is 358 g/mol. The SMILES string of the molecule is O=C(Cc1cccc(F)c1F)NC1CCN(c2nccc(C3CC3)n2)C1. The van der Waals surface area contributed by atoms with Crippen molar-refractivity contribution in [3.05, 3.63) is 53.4 Å². The molecular weight excluding hydrogens is 338 g/mol. The summed E-state index contributed by atoms with van der Waals surface area (Å²) in [6.07, 6.45) is 4.76. The average Bonchev–Trinajstić information content (AvgIpc) is 3.39. The number of hydrogen-bond acceptors (Lipinski definition) is 4. The normalized spacial score (nSPS) is 19.6. The van der Waals surface area contributed by atoms with Crippen LogP contribution in [0, 0.1) is 11.6 Å². The monoisotopic (exact) mass is 358 g/mol. The van der Waals surface area contributed by atoms with Gasteiger partial charge in [-0.3, -0.25) is 4.79 Å². The summed E-state index contributed by atoms with van der Waals surface area (Å²) >= 11 is 0. The van der Waals surface area contributed by atoms with Crippen LogP contribution in [0.15, 0.2) is 30.5 Å². The zero-order valence-electron chi connectivity index (χ0n) is 14.3. The molecule has 5 nitrogen and oxygen atoms in total. The van der Waals surface area contributed by atoms with Crippen molar-refractivity contribution in [3.63, 3.8) is 0 Å². The van der Waals surface area contributed by atoms with E-state index in [0.717, 1.165) is 24.7 Å². The van der Waals surface area contributed by atoms with Crippen LogP contribution in [0.3, 0.4) is 0 Å². The summed E-state index contributed by atoms with van der Waals surface area (Å²) in [5.41, 5.74) is 1.15. The van der Waals surface area contributed by atoms with Crippen LogP contribution in [-0.4, -0.2) is 35.0 Å². The number of aromatic nitrogens is 2. The van der Waals surface area contributed by atoms with Gasteiger partial charge < -0.3 is 10.2 Å². The minimum Gasteiger partial charge on any atom is -0.351 e. The molecule has 1 N–H and O–H groups in total. The summed E-state index contributed by atoms with van der Waals surface area (Å²) in [5, 5.41) is 2.90. The van der Waals surface area contributed by atoms with Gasteiger partial charge in [0.25, 0.3) is 0 Å². The lowest BCUT2D eigenvalue weighted by atomic mass is 10.1. The molecule has 1 saturated carbocycles. The van der Waals surface area contributed by atoms with E-state index in [9.17, 15) is 13.6 Å². The number of nitrogens with one attached hydrogen (secondary N) is 1. The predicted octanol–water partition coefficient (Wildman–Crippen LogP) is 2.57. The highest BCUT2D eigenvalue weighted by Gasteiger charge is 2.29. The Labute approximate surface area is 150 Å². The van der Waals surface area contributed by atoms with Crippen LogP contribution in [0.2, 0.25) is 0 Å². The standard InChI is InChI=1S/C19H20F2N4O/c20-15-3-1-2-13(18(15)21)10-17(26)23-14-7-9-25(11-14)19-22-8-6-16(24-19)12-4-5-12/h1-3,6,8,12,14H,4-5,7,9-11H2,(H,23,26). The molecule has 0 bridgehead atoms. The summed E-state index contributed by atoms with van der Waals surface area (Å²) in [4.78, 5) is 23.2. The van der Waals surface area contributed by atoms with E-state index in [0.29, 0.717) is 18.4 Å². The minimum absolute atomic E-state index is 0.0488. The Morgan fingerprint density at radius 3 is 2.88 bits per heavy atom. The zero-order valence-corrected chi connectivity index (χ0v) is 14.3. The van der Waals surface area contributed by atoms with Gasteiger partial charge in [-0.25, -0.2) is 18.7 Å². The number of benzene rings is 1. The molecule has 0 spiro atoms. The first-order chi connectivity index (χ1) is 12.6. The van der Waals surface area contributed by atoms with Gasteiger partial charge in [0, 0.05) is 42.5 Å². The number of carbonyl (C=O) groups excluding carboxylic acids is 1. The van der Waals surface area contributed by atoms with E-state index < -0.39 is 11.6 Å². The molecule has 1 unspecified atom stereocenters. The second-order valence-electron chi connectivity index (χ2n) is 6.94. The highest BCUT2D eigenvalue weighted by molar-refractivity contribution is 5.79. The van der Waals surface area contributed by atoms with Crippen molar-refractivity contribution in [3.8, 4) is 0 Å². The maximum absolute atomic E-state index is 13.7. The van der Waals surface area contributed by atoms with E-state index in [1.165, 1.54) is 25.0 Å². The summed E-state index contributed by atoms with van der Waals surface area (Å²) in [6.45, 7) is 1.37. The molecule has 1 amide bonds. The highest BCUT2D eigenvalue weighted by atomic mass is 19.2. The summed E-state index contributed by atoms with van der Waals surface area (Å²) in [7, 11) is 0. The third-order valence-corrected chi connectivity index (χ3v) is 4.88. The Morgan fingerprint density at radius 1 is 1.23 bits per heavy atom. The first-order valence-corrected chi connectivity index (χ1v) is 8.90. The molecule has 1 aliphatic carbocycles. The smallest absolute Gasteiger partial charge is 0.225 e. The molecule has 1 saturated heterocycles. The summed E-state index contributed by atoms with van der Waals surface area (Å²) in [5.74, 6) is -0.941. The topological polar surface area (TPSA) is 58.1 Å². The lowest BCUT2D eigenvalue weighted by Gasteiger charge is -2.17. The number of hydrogen-bond donors (Lipinski definition) is 1. The van der Waals surface area contributed by atoms with Crippen LogP contribution < -0.4 is 10.2 Å². The molecule has 0 radical (unpaired) electrons. The molecule has 1 atom stereocenters. The first-order valence-electron chi connectivity index (χ1n) is 8.90. The Kier molecular flexibility index (Phi) is 4.53. The van der Waals surface area contributed by atoms with Gasteiger partial charge in [0.15, 0.2) is 11.6 Å². The largest absolute Gasteiger partial charge is 0.351 e. The van der Waals surface area contributed by atoms with Gasteiger partial charge in [-0.1, -0.05) is 12.1 Å². The summed E-state index contributed by atoms with van der Waals surface area (Å²) < 4.78 is 26.9. The number of nitrogens with zero attached hydrogens (tertiary/aromatic N) is 3. The number of rotatable bonds is 5. The van der Waals surface area contributed by atoms with Gasteiger partial charge in [0.1, 0.15) is 0 Å². The van der Waals surface area contributed by atoms with Crippen LogP contribution in [0.1, 0.15) is 36.4 Å². The number of anilines is 1. The molecule has 2 fully saturated rings. The van der Waals surface area contributed by atoms with Crippen molar-refractivity contribution in [2.75, 3.05) is 18.0 Å². The van der Waals surface area contributed by atoms with Crippen LogP contribution in [0.5, 0.6) is 0 Å². The molecule has 2 heterocycles. The van der Waals surface area contributed by atoms with E-state index in [4.69, 9.17) is 0 Å². The second-order valence-corrected chi connectivity index (χ2v) is 6.94. The quantitative estimate of drug-likeness (QED) is 0.893. The maximum Gasteiger partial charge on any atom is 0.225 e. The lowest BCUT2D eigenvalue weighted by Crippen LogP contribution is -2.38. The van der Waals surface area contributed by atoms with Crippen molar-refractivity contribution in [1.29, 1.82) is 0 Å². The molecule has 4 rings (SSSR count). The Hall–Kier alpha value is -2.57. The van der Waals surface area contributed by atoms with Crippen molar-refractivity contribution >= 4 is 11.9 Å². The third kappa shape index (κ3) is 3.66. The van der Waals surface area contributed by atoms with E-state index in [1.807, 2.05) is 6.07 Å². The van der Waals surface area contributed by atoms with Gasteiger partial charge in [0.2, 0.25) is 11.9 Å². The van der Waals surface area contributed by atoms with Crippen LogP contribution in [-0.2, 0) is 11.2 Å². The second kappa shape index (κ2) is 6.97. The van der Waals surface area contributed by atoms with Crippen molar-refractivity contribution in [1.82, 2.24) is 15.3 Å². The third-order valence-electron chi connectivity index (χ3n) is 4.88. The number of carbonyl (C=O) groups is 1. The molecule has 2 aliphatic rings. The van der Waals surface area contributed by atoms with E-state index >= 15 is 0 Å². The van der Waals surface area contributed by atoms with E-state index in [1.54, 1.807) is 6.20 Å². The molecule has 7 heteroatoms. The van der Waals surface area contributed by atoms with E-state index in [-0.39, 0.29) is 23.9 Å². The Balaban J connectivity index is 1.34. The van der Waals surface area contributed by atoms with Gasteiger partial charge in [-0.05, 0) is 31.4 Å². The fraction of sp³-hybridized carbons (Fsp3) is 0.421. The van der Waals surface area contributed by atoms with Gasteiger partial charge >= 0.3 is 0 Å². The Bertz CT molecular complexity index is 825. The van der Waals surface area contributed by atoms with Crippen molar-refractivity contribution in [2.24, 2.45) is 0 Å². The molecule has 2 aromatic rings. The molecule has 26 heavy (non-hydrogen) atoms. The highest BCUT2D eigenvalue weighted by Crippen LogP contribution is 2.39. The fourth-order valence-electron chi connectivity index (χ4n) is 3.32. The van der Waals surface area contributed by atoms with Crippen molar-refractivity contribution < 1.29 is 13.6 Å². The van der Waals surface area contributed by atoms with Crippen LogP contribution >= 0.6 is 0 Å². The first kappa shape index (κ1) is 16.9. The predicted molar refractivity (Wildman–Crippen MR) is 92.8 cm³/mol. The Morgan fingerprint density at radius 2 is 2.08 bits per heavy atom. The number of halogens is 2. The number of amides is 1.